The summed E-state index contributed by atoms with van der Waals surface area (Å²) in [6.07, 6.45) is -0.00340. The molecule has 0 saturated carbocycles. The van der Waals surface area contributed by atoms with Crippen LogP contribution in [0.5, 0.6) is 11.5 Å². The van der Waals surface area contributed by atoms with Gasteiger partial charge in [-0.25, -0.2) is 0 Å². The van der Waals surface area contributed by atoms with Crippen molar-refractivity contribution in [3.05, 3.63) is 59.7 Å². The van der Waals surface area contributed by atoms with Crippen LogP contribution in [-0.4, -0.2) is 24.8 Å². The van der Waals surface area contributed by atoms with E-state index in [-0.39, 0.29) is 12.3 Å². The molecule has 0 radical (unpaired) electrons. The van der Waals surface area contributed by atoms with E-state index in [2.05, 4.69) is 49.2 Å². The molecule has 0 bridgehead atoms. The lowest BCUT2D eigenvalue weighted by Gasteiger charge is -2.21. The molecule has 2 aromatic carbocycles. The molecule has 4 nitrogen and oxygen atoms in total. The van der Waals surface area contributed by atoms with E-state index >= 15 is 0 Å². The lowest BCUT2D eigenvalue weighted by molar-refractivity contribution is 0.00550. The molecule has 0 aliphatic carbocycles. The summed E-state index contributed by atoms with van der Waals surface area (Å²) in [4.78, 5) is 2.26. The molecule has 0 amide bonds. The van der Waals surface area contributed by atoms with Gasteiger partial charge in [-0.3, -0.25) is 4.90 Å². The van der Waals surface area contributed by atoms with E-state index in [0.717, 1.165) is 17.1 Å². The summed E-state index contributed by atoms with van der Waals surface area (Å²) in [5, 5.41) is 0. The van der Waals surface area contributed by atoms with Gasteiger partial charge in [-0.15, -0.1) is 0 Å². The molecule has 1 unspecified atom stereocenters. The standard InChI is InChI=1S/C18H19NO3/c1-12-17(13-6-4-3-5-7-13)22-18(19(12)2)14-8-9-15-16(10-14)21-11-20-15/h3-10,12,17-18H,11H2,1-2H3/t12-,17-,18?/m0/s1. The predicted octanol–water partition coefficient (Wildman–Crippen LogP) is 3.51. The number of hydrogen-bond donors (Lipinski definition) is 0. The number of likely N-dealkylation sites (N-methyl/N-ethyl adjacent to an activating group) is 1. The second kappa shape index (κ2) is 5.30. The van der Waals surface area contributed by atoms with Crippen molar-refractivity contribution in [2.24, 2.45) is 0 Å². The molecule has 2 aromatic rings. The summed E-state index contributed by atoms with van der Waals surface area (Å²) in [5.74, 6) is 1.60. The van der Waals surface area contributed by atoms with Gasteiger partial charge in [0.1, 0.15) is 12.3 Å². The second-order valence-electron chi connectivity index (χ2n) is 5.84. The first-order valence-corrected chi connectivity index (χ1v) is 7.56. The highest BCUT2D eigenvalue weighted by molar-refractivity contribution is 5.45. The van der Waals surface area contributed by atoms with Crippen LogP contribution in [0.2, 0.25) is 0 Å². The minimum absolute atomic E-state index is 0.0709. The molecule has 4 heteroatoms. The number of rotatable bonds is 2. The van der Waals surface area contributed by atoms with Crippen molar-refractivity contribution >= 4 is 0 Å². The van der Waals surface area contributed by atoms with E-state index in [1.54, 1.807) is 0 Å². The van der Waals surface area contributed by atoms with Gasteiger partial charge in [-0.05, 0) is 37.2 Å². The molecule has 3 atom stereocenters. The summed E-state index contributed by atoms with van der Waals surface area (Å²) in [6.45, 7) is 2.49. The van der Waals surface area contributed by atoms with Gasteiger partial charge in [0.15, 0.2) is 11.5 Å². The van der Waals surface area contributed by atoms with Gasteiger partial charge in [0.25, 0.3) is 0 Å². The van der Waals surface area contributed by atoms with Crippen molar-refractivity contribution in [1.29, 1.82) is 0 Å². The lowest BCUT2D eigenvalue weighted by atomic mass is 10.0. The average Bonchev–Trinajstić information content (AvgIpc) is 3.13. The van der Waals surface area contributed by atoms with Crippen LogP contribution in [0.1, 0.15) is 30.4 Å². The zero-order valence-electron chi connectivity index (χ0n) is 12.7. The molecule has 0 aromatic heterocycles. The molecule has 0 spiro atoms. The van der Waals surface area contributed by atoms with Gasteiger partial charge in [0.05, 0.1) is 0 Å². The van der Waals surface area contributed by atoms with E-state index in [1.165, 1.54) is 5.56 Å². The Balaban J connectivity index is 1.63. The first-order chi connectivity index (χ1) is 10.7. The van der Waals surface area contributed by atoms with Gasteiger partial charge in [0, 0.05) is 6.04 Å². The molecular formula is C18H19NO3. The Morgan fingerprint density at radius 1 is 0.955 bits per heavy atom. The minimum Gasteiger partial charge on any atom is -0.454 e. The van der Waals surface area contributed by atoms with Crippen LogP contribution in [0, 0.1) is 0 Å². The maximum Gasteiger partial charge on any atom is 0.231 e. The van der Waals surface area contributed by atoms with Crippen molar-refractivity contribution in [3.63, 3.8) is 0 Å². The fraction of sp³-hybridized carbons (Fsp3) is 0.333. The fourth-order valence-corrected chi connectivity index (χ4v) is 3.16. The number of nitrogens with zero attached hydrogens (tertiary/aromatic N) is 1. The Morgan fingerprint density at radius 3 is 2.55 bits per heavy atom. The van der Waals surface area contributed by atoms with Crippen LogP contribution in [-0.2, 0) is 4.74 Å². The maximum atomic E-state index is 6.35. The third-order valence-electron chi connectivity index (χ3n) is 4.54. The molecule has 4 rings (SSSR count). The monoisotopic (exact) mass is 297 g/mol. The maximum absolute atomic E-state index is 6.35. The summed E-state index contributed by atoms with van der Waals surface area (Å²) < 4.78 is 17.2. The van der Waals surface area contributed by atoms with Crippen molar-refractivity contribution < 1.29 is 14.2 Å². The van der Waals surface area contributed by atoms with Crippen molar-refractivity contribution in [2.45, 2.75) is 25.3 Å². The quantitative estimate of drug-likeness (QED) is 0.849. The van der Waals surface area contributed by atoms with Crippen molar-refractivity contribution in [3.8, 4) is 11.5 Å². The largest absolute Gasteiger partial charge is 0.454 e. The van der Waals surface area contributed by atoms with E-state index in [4.69, 9.17) is 14.2 Å². The first-order valence-electron chi connectivity index (χ1n) is 7.56. The van der Waals surface area contributed by atoms with Crippen LogP contribution in [0.15, 0.2) is 48.5 Å². The number of ether oxygens (including phenoxy) is 3. The zero-order valence-corrected chi connectivity index (χ0v) is 12.7. The molecular weight excluding hydrogens is 278 g/mol. The van der Waals surface area contributed by atoms with Crippen LogP contribution in [0.25, 0.3) is 0 Å². The number of fused-ring (bicyclic) bond motifs is 1. The molecule has 114 valence electrons. The third-order valence-corrected chi connectivity index (χ3v) is 4.54. The highest BCUT2D eigenvalue weighted by atomic mass is 16.7. The van der Waals surface area contributed by atoms with Gasteiger partial charge in [-0.2, -0.15) is 0 Å². The summed E-state index contributed by atoms with van der Waals surface area (Å²) in [6, 6.07) is 16.7. The molecule has 2 aliphatic heterocycles. The Labute approximate surface area is 130 Å². The van der Waals surface area contributed by atoms with Gasteiger partial charge < -0.3 is 14.2 Å². The Morgan fingerprint density at radius 2 is 1.73 bits per heavy atom. The van der Waals surface area contributed by atoms with Crippen LogP contribution in [0.3, 0.4) is 0 Å². The van der Waals surface area contributed by atoms with E-state index in [1.807, 2.05) is 18.2 Å². The van der Waals surface area contributed by atoms with Gasteiger partial charge >= 0.3 is 0 Å². The van der Waals surface area contributed by atoms with Crippen molar-refractivity contribution in [1.82, 2.24) is 4.90 Å². The van der Waals surface area contributed by atoms with E-state index in [9.17, 15) is 0 Å². The Hall–Kier alpha value is -2.04. The number of benzene rings is 2. The average molecular weight is 297 g/mol. The van der Waals surface area contributed by atoms with E-state index < -0.39 is 0 Å². The topological polar surface area (TPSA) is 30.9 Å². The zero-order chi connectivity index (χ0) is 15.1. The number of hydrogen-bond acceptors (Lipinski definition) is 4. The normalized spacial score (nSPS) is 27.3. The van der Waals surface area contributed by atoms with Crippen molar-refractivity contribution in [2.75, 3.05) is 13.8 Å². The highest BCUT2D eigenvalue weighted by Gasteiger charge is 2.39. The summed E-state index contributed by atoms with van der Waals surface area (Å²) in [7, 11) is 2.10. The molecule has 2 aliphatic rings. The highest BCUT2D eigenvalue weighted by Crippen LogP contribution is 2.43. The Kier molecular flexibility index (Phi) is 3.28. The molecule has 1 saturated heterocycles. The van der Waals surface area contributed by atoms with Crippen LogP contribution < -0.4 is 9.47 Å². The summed E-state index contributed by atoms with van der Waals surface area (Å²) in [5.41, 5.74) is 2.31. The molecule has 0 N–H and O–H groups in total. The fourth-order valence-electron chi connectivity index (χ4n) is 3.16. The molecule has 1 fully saturated rings. The van der Waals surface area contributed by atoms with Gasteiger partial charge in [0.2, 0.25) is 6.79 Å². The predicted molar refractivity (Wildman–Crippen MR) is 82.8 cm³/mol. The Bertz CT molecular complexity index is 673. The van der Waals surface area contributed by atoms with Crippen LogP contribution >= 0.6 is 0 Å². The lowest BCUT2D eigenvalue weighted by Crippen LogP contribution is -2.27. The van der Waals surface area contributed by atoms with Gasteiger partial charge in [-0.1, -0.05) is 36.4 Å². The SMILES string of the molecule is C[C@H]1[C@@H](c2ccccc2)OC(c2ccc3c(c2)OCO3)N1C. The van der Waals surface area contributed by atoms with Crippen LogP contribution in [0.4, 0.5) is 0 Å². The summed E-state index contributed by atoms with van der Waals surface area (Å²) >= 11 is 0. The van der Waals surface area contributed by atoms with E-state index in [0.29, 0.717) is 12.8 Å². The second-order valence-corrected chi connectivity index (χ2v) is 5.84. The smallest absolute Gasteiger partial charge is 0.231 e. The third kappa shape index (κ3) is 2.16. The first kappa shape index (κ1) is 13.6. The molecule has 22 heavy (non-hydrogen) atoms. The molecule has 2 heterocycles. The minimum atomic E-state index is -0.0743.